The minimum absolute atomic E-state index is 0. The summed E-state index contributed by atoms with van der Waals surface area (Å²) in [6, 6.07) is 13.7. The number of nitrogens with one attached hydrogen (secondary N) is 1. The van der Waals surface area contributed by atoms with Gasteiger partial charge in [0.2, 0.25) is 5.91 Å². The van der Waals surface area contributed by atoms with Gasteiger partial charge in [0.15, 0.2) is 0 Å². The van der Waals surface area contributed by atoms with Gasteiger partial charge < -0.3 is 15.0 Å². The molecule has 2 N–H and O–H groups in total. The molecule has 8 rings (SSSR count). The van der Waals surface area contributed by atoms with E-state index in [1.165, 1.54) is 6.07 Å². The number of carbonyl (C=O) groups excluding carboxylic acids is 1. The van der Waals surface area contributed by atoms with Crippen molar-refractivity contribution in [3.8, 4) is 0 Å². The van der Waals surface area contributed by atoms with Crippen molar-refractivity contribution in [2.45, 2.75) is 57.2 Å². The van der Waals surface area contributed by atoms with Crippen LogP contribution in [0.5, 0.6) is 0 Å². The van der Waals surface area contributed by atoms with E-state index in [-0.39, 0.29) is 35.9 Å². The number of hydrogen-bond acceptors (Lipinski definition) is 4. The first kappa shape index (κ1) is 27.4. The number of imidazole rings is 1. The van der Waals surface area contributed by atoms with Crippen molar-refractivity contribution in [3.05, 3.63) is 92.5 Å². The summed E-state index contributed by atoms with van der Waals surface area (Å²) in [5.41, 5.74) is 2.81. The number of fused-ring (bicyclic) bond motifs is 7. The number of anilines is 1. The maximum Gasteiger partial charge on any atom is 0.336 e. The Bertz CT molecular complexity index is 1840. The Labute approximate surface area is 252 Å². The number of rotatable bonds is 4. The first-order valence-electron chi connectivity index (χ1n) is 13.8. The van der Waals surface area contributed by atoms with Crippen LogP contribution in [0.1, 0.15) is 65.0 Å². The highest BCUT2D eigenvalue weighted by Gasteiger charge is 2.70. The molecule has 1 aromatic heterocycles. The number of aromatic nitrogens is 2. The third-order valence-corrected chi connectivity index (χ3v) is 10.2. The standard InChI is InChI=1S/C31H25Cl2FN4O3.CH4/c1-14-17(29(39)40)8-10-22-27(14)36-28-24-23(13-37(22)28)38(12-15-5-6-15)31(25(24)18-3-2-4-20(33)26(18)34)19-9-7-16(32)11-21(19)35-30(31)41;/h2-4,7-11,15,23-25H,5-6,12-13H2,1H3,(H,35,41)(H,39,40);1H4/t23-,24+,25-,31+;/m0./s1. The van der Waals surface area contributed by atoms with Crippen LogP contribution in [0.15, 0.2) is 48.5 Å². The fourth-order valence-corrected chi connectivity index (χ4v) is 8.13. The lowest BCUT2D eigenvalue weighted by Crippen LogP contribution is -2.53. The minimum atomic E-state index is -1.20. The van der Waals surface area contributed by atoms with Crippen LogP contribution in [0.4, 0.5) is 10.1 Å². The Morgan fingerprint density at radius 1 is 1.19 bits per heavy atom. The summed E-state index contributed by atoms with van der Waals surface area (Å²) in [5, 5.41) is 13.3. The van der Waals surface area contributed by atoms with Crippen LogP contribution < -0.4 is 5.32 Å². The average Bonchev–Trinajstić information content (AvgIpc) is 3.36. The SMILES string of the molecule is C.Cc1c(C(=O)O)ccc2c1nc1n2C[C@H]2[C@@H]1[C@H](c1cccc(Cl)c1F)[C@]1(C(=O)Nc3cc(Cl)ccc31)N2CC1CC1. The van der Waals surface area contributed by atoms with Crippen molar-refractivity contribution in [3.63, 3.8) is 0 Å². The predicted octanol–water partition coefficient (Wildman–Crippen LogP) is 6.95. The third kappa shape index (κ3) is 3.46. The Kier molecular flexibility index (Phi) is 6.04. The molecule has 10 heteroatoms. The van der Waals surface area contributed by atoms with Crippen LogP contribution in [-0.2, 0) is 16.9 Å². The van der Waals surface area contributed by atoms with Crippen molar-refractivity contribution >= 4 is 51.8 Å². The molecule has 1 saturated carbocycles. The zero-order valence-electron chi connectivity index (χ0n) is 22.0. The minimum Gasteiger partial charge on any atom is -0.478 e. The molecule has 2 fully saturated rings. The summed E-state index contributed by atoms with van der Waals surface area (Å²) in [6.07, 6.45) is 2.17. The van der Waals surface area contributed by atoms with Crippen LogP contribution in [0.2, 0.25) is 10.0 Å². The molecule has 1 aliphatic carbocycles. The van der Waals surface area contributed by atoms with Gasteiger partial charge in [0.25, 0.3) is 0 Å². The topological polar surface area (TPSA) is 87.5 Å². The molecule has 7 nitrogen and oxygen atoms in total. The summed E-state index contributed by atoms with van der Waals surface area (Å²) >= 11 is 12.7. The zero-order valence-corrected chi connectivity index (χ0v) is 23.5. The number of aromatic carboxylic acids is 1. The van der Waals surface area contributed by atoms with E-state index in [2.05, 4.69) is 14.8 Å². The molecule has 4 aliphatic rings. The molecule has 42 heavy (non-hydrogen) atoms. The van der Waals surface area contributed by atoms with Gasteiger partial charge in [0.05, 0.1) is 21.6 Å². The number of halogens is 3. The fraction of sp³-hybridized carbons (Fsp3) is 0.344. The van der Waals surface area contributed by atoms with Crippen LogP contribution in [-0.4, -0.2) is 44.0 Å². The molecule has 0 bridgehead atoms. The number of benzene rings is 3. The van der Waals surface area contributed by atoms with E-state index in [0.29, 0.717) is 46.4 Å². The van der Waals surface area contributed by atoms with Gasteiger partial charge in [-0.1, -0.05) is 48.8 Å². The Morgan fingerprint density at radius 2 is 1.98 bits per heavy atom. The van der Waals surface area contributed by atoms with Gasteiger partial charge in [-0.15, -0.1) is 0 Å². The van der Waals surface area contributed by atoms with Crippen LogP contribution in [0.25, 0.3) is 11.0 Å². The molecule has 4 atom stereocenters. The molecule has 216 valence electrons. The average molecular weight is 608 g/mol. The lowest BCUT2D eigenvalue weighted by molar-refractivity contribution is -0.128. The summed E-state index contributed by atoms with van der Waals surface area (Å²) in [6.45, 7) is 3.01. The lowest BCUT2D eigenvalue weighted by atomic mass is 9.71. The predicted molar refractivity (Wildman–Crippen MR) is 160 cm³/mol. The number of hydrogen-bond donors (Lipinski definition) is 2. The summed E-state index contributed by atoms with van der Waals surface area (Å²) in [4.78, 5) is 33.6. The highest BCUT2D eigenvalue weighted by atomic mass is 35.5. The molecule has 3 aliphatic heterocycles. The van der Waals surface area contributed by atoms with Crippen molar-refractivity contribution in [2.24, 2.45) is 5.92 Å². The van der Waals surface area contributed by atoms with Crippen molar-refractivity contribution in [2.75, 3.05) is 11.9 Å². The first-order chi connectivity index (χ1) is 19.7. The smallest absolute Gasteiger partial charge is 0.336 e. The van der Waals surface area contributed by atoms with E-state index in [0.717, 1.165) is 29.7 Å². The molecule has 4 aromatic rings. The van der Waals surface area contributed by atoms with Crippen molar-refractivity contribution in [1.29, 1.82) is 0 Å². The van der Waals surface area contributed by atoms with Crippen LogP contribution >= 0.6 is 23.2 Å². The molecule has 1 spiro atoms. The number of nitrogens with zero attached hydrogens (tertiary/aromatic N) is 3. The van der Waals surface area contributed by atoms with E-state index in [4.69, 9.17) is 28.2 Å². The van der Waals surface area contributed by atoms with E-state index in [1.807, 2.05) is 6.07 Å². The second-order valence-electron chi connectivity index (χ2n) is 11.7. The van der Waals surface area contributed by atoms with E-state index >= 15 is 4.39 Å². The number of carbonyl (C=O) groups is 2. The van der Waals surface area contributed by atoms with Gasteiger partial charge in [-0.3, -0.25) is 9.69 Å². The molecular formula is C32H29Cl2FN4O3. The van der Waals surface area contributed by atoms with Gasteiger partial charge in [0, 0.05) is 47.2 Å². The van der Waals surface area contributed by atoms with Gasteiger partial charge in [-0.2, -0.15) is 0 Å². The summed E-state index contributed by atoms with van der Waals surface area (Å²) < 4.78 is 18.2. The second kappa shape index (κ2) is 9.27. The Hall–Kier alpha value is -3.46. The Morgan fingerprint density at radius 3 is 2.71 bits per heavy atom. The van der Waals surface area contributed by atoms with E-state index < -0.39 is 23.2 Å². The normalized spacial score (nSPS) is 25.8. The monoisotopic (exact) mass is 606 g/mol. The molecule has 3 aromatic carbocycles. The van der Waals surface area contributed by atoms with Crippen molar-refractivity contribution < 1.29 is 19.1 Å². The maximum atomic E-state index is 16.1. The fourth-order valence-electron chi connectivity index (χ4n) is 7.78. The molecule has 0 unspecified atom stereocenters. The van der Waals surface area contributed by atoms with Gasteiger partial charge >= 0.3 is 5.97 Å². The number of carboxylic acid groups (broad SMARTS) is 1. The highest BCUT2D eigenvalue weighted by molar-refractivity contribution is 6.31. The number of carboxylic acids is 1. The van der Waals surface area contributed by atoms with Crippen LogP contribution in [0, 0.1) is 18.7 Å². The number of amides is 1. The zero-order chi connectivity index (χ0) is 28.4. The molecule has 0 radical (unpaired) electrons. The quantitative estimate of drug-likeness (QED) is 0.262. The first-order valence-corrected chi connectivity index (χ1v) is 14.5. The van der Waals surface area contributed by atoms with Crippen LogP contribution in [0.3, 0.4) is 0 Å². The largest absolute Gasteiger partial charge is 0.478 e. The highest BCUT2D eigenvalue weighted by Crippen LogP contribution is 2.65. The lowest BCUT2D eigenvalue weighted by Gasteiger charge is -2.40. The summed E-state index contributed by atoms with van der Waals surface area (Å²) in [7, 11) is 0. The van der Waals surface area contributed by atoms with Gasteiger partial charge in [-0.05, 0) is 67.1 Å². The molecule has 1 amide bonds. The van der Waals surface area contributed by atoms with E-state index in [9.17, 15) is 14.7 Å². The van der Waals surface area contributed by atoms with E-state index in [1.54, 1.807) is 43.3 Å². The molecule has 1 saturated heterocycles. The molecular weight excluding hydrogens is 578 g/mol. The van der Waals surface area contributed by atoms with Gasteiger partial charge in [-0.25, -0.2) is 14.2 Å². The maximum absolute atomic E-state index is 16.1. The number of likely N-dealkylation sites (tertiary alicyclic amines) is 1. The van der Waals surface area contributed by atoms with Crippen molar-refractivity contribution in [1.82, 2.24) is 14.5 Å². The third-order valence-electron chi connectivity index (χ3n) is 9.63. The second-order valence-corrected chi connectivity index (χ2v) is 12.6. The summed E-state index contributed by atoms with van der Waals surface area (Å²) in [5.74, 6) is -1.58. The molecule has 4 heterocycles. The Balaban J connectivity index is 0.00000288. The number of aryl methyl sites for hydroxylation is 1. The van der Waals surface area contributed by atoms with Gasteiger partial charge in [0.1, 0.15) is 17.2 Å².